The highest BCUT2D eigenvalue weighted by atomic mass is 16.1. The van der Waals surface area contributed by atoms with Gasteiger partial charge in [-0.25, -0.2) is 4.79 Å². The Hall–Kier alpha value is -4.27. The molecule has 1 aromatic carbocycles. The zero-order chi connectivity index (χ0) is 26.5. The lowest BCUT2D eigenvalue weighted by Crippen LogP contribution is -2.26. The van der Waals surface area contributed by atoms with Crippen LogP contribution in [0.1, 0.15) is 56.9 Å². The second-order valence-corrected chi connectivity index (χ2v) is 9.49. The van der Waals surface area contributed by atoms with Crippen LogP contribution in [0.3, 0.4) is 0 Å². The summed E-state index contributed by atoms with van der Waals surface area (Å²) < 4.78 is 5.96. The molecule has 38 heavy (non-hydrogen) atoms. The van der Waals surface area contributed by atoms with E-state index in [0.717, 1.165) is 72.4 Å². The second-order valence-electron chi connectivity index (χ2n) is 9.49. The molecule has 0 bridgehead atoms. The van der Waals surface area contributed by atoms with Gasteiger partial charge >= 0.3 is 5.69 Å². The Kier molecular flexibility index (Phi) is 7.62. The molecule has 1 N–H and O–H groups in total. The van der Waals surface area contributed by atoms with Gasteiger partial charge in [0.05, 0.1) is 6.54 Å². The van der Waals surface area contributed by atoms with Crippen LogP contribution >= 0.6 is 0 Å². The van der Waals surface area contributed by atoms with Crippen molar-refractivity contribution in [2.24, 2.45) is 0 Å². The minimum absolute atomic E-state index is 0.0249. The van der Waals surface area contributed by atoms with E-state index in [2.05, 4.69) is 63.2 Å². The lowest BCUT2D eigenvalue weighted by molar-refractivity contribution is 0.642. The molecule has 0 spiro atoms. The number of benzene rings is 1. The second kappa shape index (κ2) is 11.4. The Labute approximate surface area is 222 Å². The first-order valence-electron chi connectivity index (χ1n) is 13.4. The summed E-state index contributed by atoms with van der Waals surface area (Å²) in [7, 11) is 0. The van der Waals surface area contributed by atoms with Gasteiger partial charge in [-0.05, 0) is 65.3 Å². The van der Waals surface area contributed by atoms with E-state index in [4.69, 9.17) is 0 Å². The summed E-state index contributed by atoms with van der Waals surface area (Å²) in [6, 6.07) is 12.1. The molecular weight excluding hydrogens is 476 g/mol. The molecule has 0 aliphatic rings. The van der Waals surface area contributed by atoms with Gasteiger partial charge in [-0.1, -0.05) is 51.5 Å². The maximum absolute atomic E-state index is 14.0. The molecule has 196 valence electrons. The molecule has 4 aromatic heterocycles. The number of hydrogen-bond acceptors (Lipinski definition) is 5. The molecule has 0 aliphatic carbocycles. The number of tetrazole rings is 1. The number of rotatable bonds is 11. The van der Waals surface area contributed by atoms with E-state index < -0.39 is 0 Å². The van der Waals surface area contributed by atoms with E-state index >= 15 is 0 Å². The number of aryl methyl sites for hydroxylation is 3. The van der Waals surface area contributed by atoms with Crippen molar-refractivity contribution in [2.45, 2.75) is 66.0 Å². The summed E-state index contributed by atoms with van der Waals surface area (Å²) >= 11 is 0. The number of aromatic amines is 1. The van der Waals surface area contributed by atoms with Crippen LogP contribution in [-0.2, 0) is 25.9 Å². The third kappa shape index (κ3) is 4.83. The van der Waals surface area contributed by atoms with Gasteiger partial charge < -0.3 is 4.57 Å². The first kappa shape index (κ1) is 25.4. The van der Waals surface area contributed by atoms with Crippen molar-refractivity contribution in [3.63, 3.8) is 0 Å². The standard InChI is InChI=1S/C29H34N8O/c1-4-7-10-23-20-37(28-21(6-3)14-17-35(28)16-5-2)29(38)36(23)19-22-18-30-15-13-24(22)25-11-8-9-12-26(25)27-31-33-34-32-27/h8-9,11-15,17-18,20H,4-7,10,16,19H2,1-3H3,(H,31,32,33,34). The Bertz CT molecular complexity index is 1560. The number of nitrogens with zero attached hydrogens (tertiary/aromatic N) is 7. The molecule has 4 heterocycles. The van der Waals surface area contributed by atoms with Crippen molar-refractivity contribution in [3.05, 3.63) is 88.5 Å². The maximum Gasteiger partial charge on any atom is 0.334 e. The predicted molar refractivity (Wildman–Crippen MR) is 148 cm³/mol. The van der Waals surface area contributed by atoms with Crippen LogP contribution in [0, 0.1) is 0 Å². The third-order valence-electron chi connectivity index (χ3n) is 6.97. The molecule has 9 nitrogen and oxygen atoms in total. The molecule has 0 radical (unpaired) electrons. The number of nitrogens with one attached hydrogen (secondary N) is 1. The summed E-state index contributed by atoms with van der Waals surface area (Å²) in [5.41, 5.74) is 5.97. The Morgan fingerprint density at radius 1 is 0.947 bits per heavy atom. The average molecular weight is 511 g/mol. The number of H-pyrrole nitrogens is 1. The number of hydrogen-bond donors (Lipinski definition) is 1. The number of unbranched alkanes of at least 4 members (excludes halogenated alkanes) is 1. The summed E-state index contributed by atoms with van der Waals surface area (Å²) in [5.74, 6) is 1.50. The molecular formula is C29H34N8O. The van der Waals surface area contributed by atoms with E-state index in [1.807, 2.05) is 51.9 Å². The van der Waals surface area contributed by atoms with E-state index in [0.29, 0.717) is 12.4 Å². The Morgan fingerprint density at radius 2 is 1.79 bits per heavy atom. The van der Waals surface area contributed by atoms with Crippen molar-refractivity contribution in [1.29, 1.82) is 0 Å². The van der Waals surface area contributed by atoms with Gasteiger partial charge in [-0.3, -0.25) is 14.1 Å². The largest absolute Gasteiger partial charge is 0.334 e. The van der Waals surface area contributed by atoms with Crippen LogP contribution in [-0.4, -0.2) is 39.3 Å². The zero-order valence-corrected chi connectivity index (χ0v) is 22.3. The van der Waals surface area contributed by atoms with Crippen LogP contribution < -0.4 is 5.69 Å². The Balaban J connectivity index is 1.62. The van der Waals surface area contributed by atoms with Crippen LogP contribution in [0.5, 0.6) is 0 Å². The van der Waals surface area contributed by atoms with Crippen molar-refractivity contribution < 1.29 is 0 Å². The number of aromatic nitrogens is 8. The summed E-state index contributed by atoms with van der Waals surface area (Å²) in [6.07, 6.45) is 12.6. The maximum atomic E-state index is 14.0. The fraction of sp³-hybridized carbons (Fsp3) is 0.345. The van der Waals surface area contributed by atoms with Gasteiger partial charge in [-0.2, -0.15) is 5.21 Å². The highest BCUT2D eigenvalue weighted by Crippen LogP contribution is 2.32. The van der Waals surface area contributed by atoms with Crippen molar-refractivity contribution >= 4 is 0 Å². The molecule has 0 aliphatic heterocycles. The normalized spacial score (nSPS) is 11.3. The van der Waals surface area contributed by atoms with Crippen LogP contribution in [0.4, 0.5) is 0 Å². The average Bonchev–Trinajstić information content (AvgIpc) is 3.69. The highest BCUT2D eigenvalue weighted by molar-refractivity contribution is 5.81. The molecule has 5 aromatic rings. The quantitative estimate of drug-likeness (QED) is 0.268. The van der Waals surface area contributed by atoms with Crippen molar-refractivity contribution in [3.8, 4) is 28.3 Å². The minimum Gasteiger partial charge on any atom is -0.334 e. The molecule has 0 saturated carbocycles. The first-order valence-corrected chi connectivity index (χ1v) is 13.4. The third-order valence-corrected chi connectivity index (χ3v) is 6.97. The number of pyridine rings is 1. The van der Waals surface area contributed by atoms with Crippen LogP contribution in [0.25, 0.3) is 28.3 Å². The molecule has 0 amide bonds. The fourth-order valence-corrected chi connectivity index (χ4v) is 5.08. The SMILES string of the molecule is CCCCc1cn(-c2c(CC)ccn2CCC)c(=O)n1Cc1cnccc1-c1ccccc1-c1nn[nH]n1. The summed E-state index contributed by atoms with van der Waals surface area (Å²) in [6.45, 7) is 7.77. The van der Waals surface area contributed by atoms with E-state index in [-0.39, 0.29) is 5.69 Å². The summed E-state index contributed by atoms with van der Waals surface area (Å²) in [4.78, 5) is 18.5. The van der Waals surface area contributed by atoms with Gasteiger partial charge in [-0.15, -0.1) is 10.2 Å². The lowest BCUT2D eigenvalue weighted by atomic mass is 9.96. The molecule has 0 unspecified atom stereocenters. The molecule has 5 rings (SSSR count). The number of imidazole rings is 1. The van der Waals surface area contributed by atoms with Gasteiger partial charge in [0.25, 0.3) is 0 Å². The predicted octanol–water partition coefficient (Wildman–Crippen LogP) is 5.05. The topological polar surface area (TPSA) is 99.2 Å². The monoisotopic (exact) mass is 510 g/mol. The van der Waals surface area contributed by atoms with Crippen LogP contribution in [0.2, 0.25) is 0 Å². The van der Waals surface area contributed by atoms with Crippen molar-refractivity contribution in [1.82, 2.24) is 39.3 Å². The first-order chi connectivity index (χ1) is 18.7. The van der Waals surface area contributed by atoms with Crippen molar-refractivity contribution in [2.75, 3.05) is 0 Å². The van der Waals surface area contributed by atoms with Crippen LogP contribution in [0.15, 0.2) is 66.0 Å². The molecule has 9 heteroatoms. The minimum atomic E-state index is -0.0249. The molecule has 0 fully saturated rings. The van der Waals surface area contributed by atoms with E-state index in [1.54, 1.807) is 6.20 Å². The smallest absolute Gasteiger partial charge is 0.334 e. The molecule has 0 saturated heterocycles. The van der Waals surface area contributed by atoms with Gasteiger partial charge in [0.2, 0.25) is 5.82 Å². The Morgan fingerprint density at radius 3 is 2.53 bits per heavy atom. The van der Waals surface area contributed by atoms with Gasteiger partial charge in [0, 0.05) is 42.6 Å². The van der Waals surface area contributed by atoms with Gasteiger partial charge in [0.15, 0.2) is 0 Å². The zero-order valence-electron chi connectivity index (χ0n) is 22.3. The van der Waals surface area contributed by atoms with E-state index in [9.17, 15) is 4.79 Å². The molecule has 0 atom stereocenters. The highest BCUT2D eigenvalue weighted by Gasteiger charge is 2.20. The van der Waals surface area contributed by atoms with E-state index in [1.165, 1.54) is 5.56 Å². The lowest BCUT2D eigenvalue weighted by Gasteiger charge is -2.14. The van der Waals surface area contributed by atoms with Gasteiger partial charge in [0.1, 0.15) is 5.82 Å². The summed E-state index contributed by atoms with van der Waals surface area (Å²) in [5, 5.41) is 14.7. The fourth-order valence-electron chi connectivity index (χ4n) is 5.08.